The zero-order chi connectivity index (χ0) is 18.5. The molecule has 2 amide bonds. The molecule has 140 valence electrons. The Balaban J connectivity index is 1.54. The minimum absolute atomic E-state index is 0.0685. The number of carbonyl (C=O) groups is 2. The summed E-state index contributed by atoms with van der Waals surface area (Å²) in [4.78, 5) is 24.9. The highest BCUT2D eigenvalue weighted by molar-refractivity contribution is 5.95. The lowest BCUT2D eigenvalue weighted by molar-refractivity contribution is 0.0678. The van der Waals surface area contributed by atoms with E-state index in [0.29, 0.717) is 37.9 Å². The molecule has 26 heavy (non-hydrogen) atoms. The Labute approximate surface area is 151 Å². The van der Waals surface area contributed by atoms with Crippen molar-refractivity contribution in [1.82, 2.24) is 15.7 Å². The summed E-state index contributed by atoms with van der Waals surface area (Å²) in [5.41, 5.74) is 3.23. The molecule has 0 bridgehead atoms. The zero-order valence-corrected chi connectivity index (χ0v) is 14.7. The molecule has 0 spiro atoms. The van der Waals surface area contributed by atoms with Gasteiger partial charge in [-0.15, -0.1) is 0 Å². The lowest BCUT2D eigenvalue weighted by Crippen LogP contribution is -2.44. The lowest BCUT2D eigenvalue weighted by atomic mass is 10.0. The molecule has 0 atom stereocenters. The molecule has 2 aromatic rings. The molecule has 1 aromatic heterocycles. The first kappa shape index (κ1) is 18.2. The van der Waals surface area contributed by atoms with Crippen molar-refractivity contribution < 1.29 is 24.0 Å². The number of hydrogen-bond acceptors (Lipinski definition) is 6. The average molecular weight is 361 g/mol. The van der Waals surface area contributed by atoms with Crippen LogP contribution in [0.3, 0.4) is 0 Å². The van der Waals surface area contributed by atoms with Gasteiger partial charge in [-0.1, -0.05) is 6.07 Å². The molecule has 8 heteroatoms. The van der Waals surface area contributed by atoms with E-state index in [1.165, 1.54) is 0 Å². The normalized spacial score (nSPS) is 15.2. The van der Waals surface area contributed by atoms with Crippen LogP contribution in [0.25, 0.3) is 11.0 Å². The second-order valence-electron chi connectivity index (χ2n) is 6.26. The van der Waals surface area contributed by atoms with E-state index >= 15 is 0 Å². The first-order valence-corrected chi connectivity index (χ1v) is 8.72. The van der Waals surface area contributed by atoms with Crippen LogP contribution in [0.5, 0.6) is 0 Å². The summed E-state index contributed by atoms with van der Waals surface area (Å²) in [5, 5.41) is 13.0. The van der Waals surface area contributed by atoms with Crippen LogP contribution < -0.4 is 10.8 Å². The minimum atomic E-state index is -0.672. The summed E-state index contributed by atoms with van der Waals surface area (Å²) in [7, 11) is 0. The second-order valence-corrected chi connectivity index (χ2v) is 6.26. The number of hydroxylamine groups is 1. The van der Waals surface area contributed by atoms with Gasteiger partial charge in [0.1, 0.15) is 5.58 Å². The van der Waals surface area contributed by atoms with Crippen LogP contribution in [0.15, 0.2) is 28.7 Å². The van der Waals surface area contributed by atoms with Crippen LogP contribution in [0.2, 0.25) is 0 Å². The first-order valence-electron chi connectivity index (χ1n) is 8.72. The Kier molecular flexibility index (Phi) is 5.75. The lowest BCUT2D eigenvalue weighted by Gasteiger charge is -2.31. The van der Waals surface area contributed by atoms with E-state index in [0.717, 1.165) is 23.8 Å². The molecule has 1 aromatic carbocycles. The van der Waals surface area contributed by atoms with E-state index < -0.39 is 5.91 Å². The standard InChI is InChI=1S/C18H23N3O5/c1-2-25-18(23)21-7-5-14(6-8-21)19-11-12-3-4-15-13(9-12)10-16(26-15)17(22)20-24/h3-4,9-10,14,19,24H,2,5-8,11H2,1H3,(H,20,22). The first-order chi connectivity index (χ1) is 12.6. The Morgan fingerprint density at radius 1 is 1.31 bits per heavy atom. The highest BCUT2D eigenvalue weighted by atomic mass is 16.6. The van der Waals surface area contributed by atoms with Gasteiger partial charge >= 0.3 is 12.0 Å². The molecule has 1 saturated heterocycles. The van der Waals surface area contributed by atoms with Gasteiger partial charge in [0.05, 0.1) is 6.61 Å². The molecule has 1 aliphatic heterocycles. The van der Waals surface area contributed by atoms with Crippen molar-refractivity contribution >= 4 is 23.0 Å². The average Bonchev–Trinajstić information content (AvgIpc) is 3.09. The number of ether oxygens (including phenoxy) is 1. The molecule has 2 heterocycles. The third-order valence-corrected chi connectivity index (χ3v) is 4.52. The van der Waals surface area contributed by atoms with Gasteiger partial charge < -0.3 is 19.4 Å². The summed E-state index contributed by atoms with van der Waals surface area (Å²) in [6.45, 7) is 4.28. The number of rotatable bonds is 5. The molecule has 0 radical (unpaired) electrons. The number of hydrogen-bond donors (Lipinski definition) is 3. The zero-order valence-electron chi connectivity index (χ0n) is 14.7. The van der Waals surface area contributed by atoms with E-state index in [1.54, 1.807) is 16.4 Å². The van der Waals surface area contributed by atoms with Crippen molar-refractivity contribution in [3.05, 3.63) is 35.6 Å². The van der Waals surface area contributed by atoms with E-state index in [2.05, 4.69) is 5.32 Å². The van der Waals surface area contributed by atoms with Crippen LogP contribution >= 0.6 is 0 Å². The predicted octanol–water partition coefficient (Wildman–Crippen LogP) is 2.26. The maximum absolute atomic E-state index is 11.7. The molecular weight excluding hydrogens is 338 g/mol. The highest BCUT2D eigenvalue weighted by Gasteiger charge is 2.23. The Morgan fingerprint density at radius 3 is 2.77 bits per heavy atom. The minimum Gasteiger partial charge on any atom is -0.451 e. The summed E-state index contributed by atoms with van der Waals surface area (Å²) < 4.78 is 10.4. The van der Waals surface area contributed by atoms with Crippen molar-refractivity contribution in [2.24, 2.45) is 0 Å². The third-order valence-electron chi connectivity index (χ3n) is 4.52. The van der Waals surface area contributed by atoms with E-state index in [1.807, 2.05) is 25.1 Å². The number of nitrogens with zero attached hydrogens (tertiary/aromatic N) is 1. The molecule has 1 fully saturated rings. The highest BCUT2D eigenvalue weighted by Crippen LogP contribution is 2.21. The maximum Gasteiger partial charge on any atom is 0.409 e. The largest absolute Gasteiger partial charge is 0.451 e. The van der Waals surface area contributed by atoms with Gasteiger partial charge in [0.25, 0.3) is 0 Å². The molecule has 0 unspecified atom stereocenters. The van der Waals surface area contributed by atoms with Crippen LogP contribution in [0.4, 0.5) is 4.79 Å². The number of likely N-dealkylation sites (tertiary alicyclic amines) is 1. The monoisotopic (exact) mass is 361 g/mol. The summed E-state index contributed by atoms with van der Waals surface area (Å²) in [6.07, 6.45) is 1.53. The second kappa shape index (κ2) is 8.20. The number of nitrogens with one attached hydrogen (secondary N) is 2. The quantitative estimate of drug-likeness (QED) is 0.557. The number of fused-ring (bicyclic) bond motifs is 1. The maximum atomic E-state index is 11.7. The van der Waals surface area contributed by atoms with Crippen LogP contribution in [-0.4, -0.2) is 47.8 Å². The van der Waals surface area contributed by atoms with Gasteiger partial charge in [-0.3, -0.25) is 10.0 Å². The Bertz CT molecular complexity index is 780. The van der Waals surface area contributed by atoms with Gasteiger partial charge in [-0.25, -0.2) is 10.3 Å². The summed E-state index contributed by atoms with van der Waals surface area (Å²) in [6, 6.07) is 7.64. The predicted molar refractivity (Wildman–Crippen MR) is 93.9 cm³/mol. The fourth-order valence-corrected chi connectivity index (χ4v) is 3.11. The summed E-state index contributed by atoms with van der Waals surface area (Å²) in [5.74, 6) is -0.604. The summed E-state index contributed by atoms with van der Waals surface area (Å²) >= 11 is 0. The van der Waals surface area contributed by atoms with Gasteiger partial charge in [0, 0.05) is 31.1 Å². The number of benzene rings is 1. The molecular formula is C18H23N3O5. The van der Waals surface area contributed by atoms with Gasteiger partial charge in [0.15, 0.2) is 5.76 Å². The van der Waals surface area contributed by atoms with Gasteiger partial charge in [-0.2, -0.15) is 0 Å². The van der Waals surface area contributed by atoms with Crippen molar-refractivity contribution in [3.8, 4) is 0 Å². The van der Waals surface area contributed by atoms with Crippen LogP contribution in [0, 0.1) is 0 Å². The fraction of sp³-hybridized carbons (Fsp3) is 0.444. The van der Waals surface area contributed by atoms with E-state index in [-0.39, 0.29) is 11.9 Å². The molecule has 0 saturated carbocycles. The molecule has 3 rings (SSSR count). The molecule has 8 nitrogen and oxygen atoms in total. The van der Waals surface area contributed by atoms with Gasteiger partial charge in [0.2, 0.25) is 0 Å². The van der Waals surface area contributed by atoms with Crippen LogP contribution in [-0.2, 0) is 11.3 Å². The number of furan rings is 1. The van der Waals surface area contributed by atoms with Gasteiger partial charge in [-0.05, 0) is 43.5 Å². The van der Waals surface area contributed by atoms with E-state index in [4.69, 9.17) is 14.4 Å². The van der Waals surface area contributed by atoms with Crippen molar-refractivity contribution in [2.45, 2.75) is 32.4 Å². The Morgan fingerprint density at radius 2 is 2.08 bits per heavy atom. The molecule has 0 aliphatic carbocycles. The van der Waals surface area contributed by atoms with Crippen LogP contribution in [0.1, 0.15) is 35.9 Å². The molecule has 1 aliphatic rings. The SMILES string of the molecule is CCOC(=O)N1CCC(NCc2ccc3oc(C(=O)NO)cc3c2)CC1. The van der Waals surface area contributed by atoms with Crippen molar-refractivity contribution in [3.63, 3.8) is 0 Å². The number of piperidine rings is 1. The topological polar surface area (TPSA) is 104 Å². The number of carbonyl (C=O) groups excluding carboxylic acids is 2. The van der Waals surface area contributed by atoms with Crippen molar-refractivity contribution in [1.29, 1.82) is 0 Å². The number of amides is 2. The Hall–Kier alpha value is -2.58. The smallest absolute Gasteiger partial charge is 0.409 e. The van der Waals surface area contributed by atoms with E-state index in [9.17, 15) is 9.59 Å². The third kappa shape index (κ3) is 4.14. The molecule has 3 N–H and O–H groups in total. The van der Waals surface area contributed by atoms with Crippen molar-refractivity contribution in [2.75, 3.05) is 19.7 Å². The fourth-order valence-electron chi connectivity index (χ4n) is 3.11.